The molecule has 10 heavy (non-hydrogen) atoms. The first-order chi connectivity index (χ1) is 4.72. The van der Waals surface area contributed by atoms with Crippen molar-refractivity contribution in [3.63, 3.8) is 0 Å². The highest BCUT2D eigenvalue weighted by Gasteiger charge is 1.90. The minimum Gasteiger partial charge on any atom is -0.335 e. The van der Waals surface area contributed by atoms with E-state index in [1.54, 1.807) is 6.20 Å². The number of halogens is 1. The van der Waals surface area contributed by atoms with Crippen LogP contribution in [0.15, 0.2) is 22.3 Å². The summed E-state index contributed by atoms with van der Waals surface area (Å²) >= 11 is 3.31. The van der Waals surface area contributed by atoms with Crippen LogP contribution in [0.1, 0.15) is 13.8 Å². The van der Waals surface area contributed by atoms with E-state index in [1.165, 1.54) is 0 Å². The van der Waals surface area contributed by atoms with Crippen LogP contribution in [0.3, 0.4) is 0 Å². The van der Waals surface area contributed by atoms with Crippen molar-refractivity contribution in [2.24, 2.45) is 0 Å². The first-order valence-electron chi connectivity index (χ1n) is 2.91. The zero-order chi connectivity index (χ0) is 7.98. The molecule has 0 aromatic heterocycles. The Labute approximate surface area is 69.1 Å². The van der Waals surface area contributed by atoms with Crippen molar-refractivity contribution >= 4 is 22.3 Å². The van der Waals surface area contributed by atoms with E-state index < -0.39 is 0 Å². The van der Waals surface area contributed by atoms with Gasteiger partial charge in [-0.05, 0) is 19.4 Å². The molecule has 0 aliphatic carbocycles. The number of amides is 1. The predicted octanol–water partition coefficient (Wildman–Crippen LogP) is 1.93. The normalized spacial score (nSPS) is 13.1. The Bertz CT molecular complexity index is 172. The molecule has 2 nitrogen and oxygen atoms in total. The Morgan fingerprint density at radius 2 is 2.20 bits per heavy atom. The SMILES string of the molecule is C/C=C(Br)\C(C)=C/NC=O. The maximum atomic E-state index is 9.83. The van der Waals surface area contributed by atoms with Crippen LogP contribution in [0.4, 0.5) is 0 Å². The fraction of sp³-hybridized carbons (Fsp3) is 0.286. The molecule has 0 atom stereocenters. The molecule has 56 valence electrons. The van der Waals surface area contributed by atoms with Crippen LogP contribution in [-0.4, -0.2) is 6.41 Å². The van der Waals surface area contributed by atoms with E-state index in [2.05, 4.69) is 21.2 Å². The molecular weight excluding hydrogens is 194 g/mol. The molecule has 3 heteroatoms. The topological polar surface area (TPSA) is 29.1 Å². The van der Waals surface area contributed by atoms with Crippen LogP contribution in [0.25, 0.3) is 0 Å². The molecule has 0 unspecified atom stereocenters. The van der Waals surface area contributed by atoms with Gasteiger partial charge >= 0.3 is 0 Å². The molecule has 1 N–H and O–H groups in total. The summed E-state index contributed by atoms with van der Waals surface area (Å²) in [6, 6.07) is 0. The van der Waals surface area contributed by atoms with Gasteiger partial charge in [0.25, 0.3) is 0 Å². The Kier molecular flexibility index (Phi) is 4.94. The number of carbonyl (C=O) groups is 1. The van der Waals surface area contributed by atoms with Crippen LogP contribution < -0.4 is 5.32 Å². The number of rotatable bonds is 3. The molecule has 0 fully saturated rings. The van der Waals surface area contributed by atoms with Gasteiger partial charge in [0.15, 0.2) is 0 Å². The lowest BCUT2D eigenvalue weighted by atomic mass is 10.3. The number of allylic oxidation sites excluding steroid dienone is 3. The molecule has 0 aliphatic heterocycles. The summed E-state index contributed by atoms with van der Waals surface area (Å²) in [7, 11) is 0. The standard InChI is InChI=1S/C7H10BrNO/c1-3-7(8)6(2)4-9-5-10/h3-5H,1-2H3,(H,9,10)/b6-4-,7-3+. The molecule has 0 saturated carbocycles. The summed E-state index contributed by atoms with van der Waals surface area (Å²) in [5.41, 5.74) is 0.995. The molecule has 0 saturated heterocycles. The number of nitrogens with one attached hydrogen (secondary N) is 1. The Balaban J connectivity index is 4.05. The maximum Gasteiger partial charge on any atom is 0.211 e. The first kappa shape index (κ1) is 9.43. The van der Waals surface area contributed by atoms with E-state index in [1.807, 2.05) is 19.9 Å². The molecular formula is C7H10BrNO. The van der Waals surface area contributed by atoms with E-state index in [-0.39, 0.29) is 0 Å². The summed E-state index contributed by atoms with van der Waals surface area (Å²) in [6.45, 7) is 3.82. The van der Waals surface area contributed by atoms with E-state index in [4.69, 9.17) is 0 Å². The van der Waals surface area contributed by atoms with Crippen LogP contribution in [0.2, 0.25) is 0 Å². The first-order valence-corrected chi connectivity index (χ1v) is 3.70. The lowest BCUT2D eigenvalue weighted by Gasteiger charge is -1.95. The molecule has 0 rings (SSSR count). The maximum absolute atomic E-state index is 9.83. The average molecular weight is 204 g/mol. The van der Waals surface area contributed by atoms with Crippen LogP contribution in [-0.2, 0) is 4.79 Å². The average Bonchev–Trinajstić information content (AvgIpc) is 1.98. The lowest BCUT2D eigenvalue weighted by Crippen LogP contribution is -2.00. The fourth-order valence-electron chi connectivity index (χ4n) is 0.456. The van der Waals surface area contributed by atoms with Crippen molar-refractivity contribution < 1.29 is 4.79 Å². The van der Waals surface area contributed by atoms with Gasteiger partial charge in [0.1, 0.15) is 0 Å². The van der Waals surface area contributed by atoms with Gasteiger partial charge in [-0.25, -0.2) is 0 Å². The minimum absolute atomic E-state index is 0.638. The van der Waals surface area contributed by atoms with Gasteiger partial charge in [-0.2, -0.15) is 0 Å². The summed E-state index contributed by atoms with van der Waals surface area (Å²) in [5, 5.41) is 2.45. The summed E-state index contributed by atoms with van der Waals surface area (Å²) in [4.78, 5) is 9.83. The zero-order valence-electron chi connectivity index (χ0n) is 6.02. The highest BCUT2D eigenvalue weighted by molar-refractivity contribution is 9.11. The minimum atomic E-state index is 0.638. The van der Waals surface area contributed by atoms with Gasteiger partial charge in [-0.1, -0.05) is 22.0 Å². The van der Waals surface area contributed by atoms with Gasteiger partial charge in [0, 0.05) is 10.7 Å². The smallest absolute Gasteiger partial charge is 0.211 e. The third-order valence-corrected chi connectivity index (χ3v) is 2.08. The highest BCUT2D eigenvalue weighted by Crippen LogP contribution is 2.14. The molecule has 0 aromatic carbocycles. The second kappa shape index (κ2) is 5.23. The number of hydrogen-bond donors (Lipinski definition) is 1. The van der Waals surface area contributed by atoms with Crippen molar-refractivity contribution in [2.45, 2.75) is 13.8 Å². The third kappa shape index (κ3) is 3.45. The second-order valence-electron chi connectivity index (χ2n) is 1.75. The van der Waals surface area contributed by atoms with E-state index in [0.29, 0.717) is 6.41 Å². The highest BCUT2D eigenvalue weighted by atomic mass is 79.9. The van der Waals surface area contributed by atoms with Crippen molar-refractivity contribution in [2.75, 3.05) is 0 Å². The third-order valence-electron chi connectivity index (χ3n) is 0.998. The monoisotopic (exact) mass is 203 g/mol. The van der Waals surface area contributed by atoms with Gasteiger partial charge in [0.2, 0.25) is 6.41 Å². The molecule has 0 aromatic rings. The van der Waals surface area contributed by atoms with Gasteiger partial charge in [0.05, 0.1) is 0 Å². The van der Waals surface area contributed by atoms with Crippen molar-refractivity contribution in [1.82, 2.24) is 5.32 Å². The molecule has 0 radical (unpaired) electrons. The van der Waals surface area contributed by atoms with Crippen LogP contribution >= 0.6 is 15.9 Å². The Hall–Kier alpha value is -0.570. The zero-order valence-corrected chi connectivity index (χ0v) is 7.60. The second-order valence-corrected chi connectivity index (χ2v) is 2.60. The van der Waals surface area contributed by atoms with Gasteiger partial charge in [-0.15, -0.1) is 0 Å². The summed E-state index contributed by atoms with van der Waals surface area (Å²) in [5.74, 6) is 0. The van der Waals surface area contributed by atoms with Crippen LogP contribution in [0, 0.1) is 0 Å². The quantitative estimate of drug-likeness (QED) is 0.552. The Morgan fingerprint density at radius 1 is 1.60 bits per heavy atom. The fourth-order valence-corrected chi connectivity index (χ4v) is 0.570. The van der Waals surface area contributed by atoms with E-state index in [0.717, 1.165) is 10.1 Å². The number of hydrogen-bond acceptors (Lipinski definition) is 1. The van der Waals surface area contributed by atoms with Crippen molar-refractivity contribution in [3.05, 3.63) is 22.3 Å². The van der Waals surface area contributed by atoms with E-state index in [9.17, 15) is 4.79 Å². The van der Waals surface area contributed by atoms with E-state index >= 15 is 0 Å². The lowest BCUT2D eigenvalue weighted by molar-refractivity contribution is -0.108. The molecule has 0 bridgehead atoms. The van der Waals surface area contributed by atoms with Crippen molar-refractivity contribution in [3.8, 4) is 0 Å². The Morgan fingerprint density at radius 3 is 2.60 bits per heavy atom. The number of carbonyl (C=O) groups excluding carboxylic acids is 1. The predicted molar refractivity (Wildman–Crippen MR) is 45.6 cm³/mol. The van der Waals surface area contributed by atoms with Crippen molar-refractivity contribution in [1.29, 1.82) is 0 Å². The van der Waals surface area contributed by atoms with Gasteiger partial charge < -0.3 is 5.32 Å². The summed E-state index contributed by atoms with van der Waals surface area (Å²) in [6.07, 6.45) is 4.19. The summed E-state index contributed by atoms with van der Waals surface area (Å²) < 4.78 is 0.988. The van der Waals surface area contributed by atoms with Gasteiger partial charge in [-0.3, -0.25) is 4.79 Å². The molecule has 0 heterocycles. The largest absolute Gasteiger partial charge is 0.335 e. The van der Waals surface area contributed by atoms with Crippen LogP contribution in [0.5, 0.6) is 0 Å². The molecule has 0 spiro atoms. The molecule has 1 amide bonds. The molecule has 0 aliphatic rings.